The lowest BCUT2D eigenvalue weighted by Crippen LogP contribution is -2.48. The standard InChI is InChI=1S/C24H29N3O3S2/c1-15-7-5-8-16(2)27(15)20(28)14-31-24-25-22-21(18-10-3-4-11-19(18)32-22)23(29)26(24)13-17-9-6-12-30-17/h6,9,12,15-16H,3-5,7-8,10-11,13-14H2,1-2H3. The molecule has 0 aromatic carbocycles. The first kappa shape index (κ1) is 21.8. The summed E-state index contributed by atoms with van der Waals surface area (Å²) in [6.45, 7) is 4.59. The number of likely N-dealkylation sites (tertiary alicyclic amines) is 1. The second-order valence-corrected chi connectivity index (χ2v) is 11.0. The first-order valence-electron chi connectivity index (χ1n) is 11.5. The summed E-state index contributed by atoms with van der Waals surface area (Å²) >= 11 is 3.03. The average molecular weight is 472 g/mol. The number of carbonyl (C=O) groups is 1. The number of piperidine rings is 1. The van der Waals surface area contributed by atoms with Gasteiger partial charge in [0.25, 0.3) is 5.56 Å². The highest BCUT2D eigenvalue weighted by Crippen LogP contribution is 2.35. The number of aryl methyl sites for hydroxylation is 2. The molecule has 1 saturated heterocycles. The molecule has 0 bridgehead atoms. The second-order valence-electron chi connectivity index (χ2n) is 8.97. The Kier molecular flexibility index (Phi) is 6.16. The number of aromatic nitrogens is 2. The van der Waals surface area contributed by atoms with Crippen molar-refractivity contribution in [2.24, 2.45) is 0 Å². The Hall–Kier alpha value is -2.06. The normalized spacial score (nSPS) is 21.1. The quantitative estimate of drug-likeness (QED) is 0.393. The Labute approximate surface area is 196 Å². The van der Waals surface area contributed by atoms with Gasteiger partial charge in [-0.05, 0) is 76.5 Å². The van der Waals surface area contributed by atoms with Gasteiger partial charge in [0.1, 0.15) is 10.6 Å². The van der Waals surface area contributed by atoms with Crippen LogP contribution >= 0.6 is 23.1 Å². The van der Waals surface area contributed by atoms with Crippen LogP contribution in [0.15, 0.2) is 32.8 Å². The van der Waals surface area contributed by atoms with Gasteiger partial charge in [0, 0.05) is 17.0 Å². The Balaban J connectivity index is 1.49. The zero-order valence-electron chi connectivity index (χ0n) is 18.6. The second kappa shape index (κ2) is 9.06. The lowest BCUT2D eigenvalue weighted by Gasteiger charge is -2.39. The fraction of sp³-hybridized carbons (Fsp3) is 0.542. The van der Waals surface area contributed by atoms with Crippen molar-refractivity contribution in [2.45, 2.75) is 82.6 Å². The maximum atomic E-state index is 13.6. The van der Waals surface area contributed by atoms with E-state index in [0.717, 1.165) is 42.3 Å². The highest BCUT2D eigenvalue weighted by molar-refractivity contribution is 7.99. The van der Waals surface area contributed by atoms with Crippen LogP contribution in [-0.2, 0) is 24.2 Å². The molecular weight excluding hydrogens is 442 g/mol. The summed E-state index contributed by atoms with van der Waals surface area (Å²) in [6.07, 6.45) is 9.15. The highest BCUT2D eigenvalue weighted by atomic mass is 32.2. The smallest absolute Gasteiger partial charge is 0.263 e. The largest absolute Gasteiger partial charge is 0.467 e. The number of thioether (sulfide) groups is 1. The van der Waals surface area contributed by atoms with Crippen LogP contribution < -0.4 is 5.56 Å². The lowest BCUT2D eigenvalue weighted by molar-refractivity contribution is -0.134. The third-order valence-corrected chi connectivity index (χ3v) is 8.89. The third kappa shape index (κ3) is 4.03. The fourth-order valence-corrected chi connectivity index (χ4v) is 7.31. The maximum absolute atomic E-state index is 13.6. The summed E-state index contributed by atoms with van der Waals surface area (Å²) < 4.78 is 7.23. The molecule has 1 aliphatic heterocycles. The Morgan fingerprint density at radius 2 is 2.00 bits per heavy atom. The van der Waals surface area contributed by atoms with Crippen molar-refractivity contribution in [2.75, 3.05) is 5.75 Å². The van der Waals surface area contributed by atoms with Crippen LogP contribution in [0.1, 0.15) is 62.2 Å². The van der Waals surface area contributed by atoms with Crippen LogP contribution in [-0.4, -0.2) is 38.2 Å². The van der Waals surface area contributed by atoms with Crippen LogP contribution in [0.2, 0.25) is 0 Å². The predicted molar refractivity (Wildman–Crippen MR) is 129 cm³/mol. The van der Waals surface area contributed by atoms with Crippen LogP contribution in [0.25, 0.3) is 10.2 Å². The molecule has 5 rings (SSSR count). The molecule has 4 heterocycles. The van der Waals surface area contributed by atoms with Crippen LogP contribution in [0, 0.1) is 0 Å². The van der Waals surface area contributed by atoms with E-state index in [4.69, 9.17) is 9.40 Å². The molecule has 0 N–H and O–H groups in total. The van der Waals surface area contributed by atoms with Crippen molar-refractivity contribution >= 4 is 39.2 Å². The van der Waals surface area contributed by atoms with Gasteiger partial charge in [-0.3, -0.25) is 14.2 Å². The SMILES string of the molecule is CC1CCCC(C)N1C(=O)CSc1nc2sc3c(c2c(=O)n1Cc1ccco1)CCCC3. The molecule has 170 valence electrons. The third-order valence-electron chi connectivity index (χ3n) is 6.74. The van der Waals surface area contributed by atoms with Gasteiger partial charge in [0.05, 0.1) is 23.9 Å². The molecule has 8 heteroatoms. The monoisotopic (exact) mass is 471 g/mol. The molecule has 3 aromatic rings. The minimum atomic E-state index is -0.0135. The summed E-state index contributed by atoms with van der Waals surface area (Å²) in [7, 11) is 0. The molecule has 1 amide bonds. The number of rotatable bonds is 5. The number of thiophene rings is 1. The number of hydrogen-bond donors (Lipinski definition) is 0. The van der Waals surface area contributed by atoms with E-state index in [1.54, 1.807) is 22.2 Å². The topological polar surface area (TPSA) is 68.3 Å². The van der Waals surface area contributed by atoms with Crippen LogP contribution in [0.3, 0.4) is 0 Å². The highest BCUT2D eigenvalue weighted by Gasteiger charge is 2.29. The lowest BCUT2D eigenvalue weighted by atomic mass is 9.97. The maximum Gasteiger partial charge on any atom is 0.263 e. The number of furan rings is 1. The number of fused-ring (bicyclic) bond motifs is 3. The molecule has 0 spiro atoms. The molecule has 6 nitrogen and oxygen atoms in total. The van der Waals surface area contributed by atoms with Gasteiger partial charge in [-0.1, -0.05) is 11.8 Å². The Morgan fingerprint density at radius 3 is 2.75 bits per heavy atom. The molecule has 1 aliphatic carbocycles. The Bertz CT molecular complexity index is 1170. The number of hydrogen-bond acceptors (Lipinski definition) is 6. The Morgan fingerprint density at radius 1 is 1.22 bits per heavy atom. The van der Waals surface area contributed by atoms with Gasteiger partial charge in [0.2, 0.25) is 5.91 Å². The van der Waals surface area contributed by atoms with E-state index >= 15 is 0 Å². The van der Waals surface area contributed by atoms with Crippen molar-refractivity contribution in [1.29, 1.82) is 0 Å². The molecule has 2 atom stereocenters. The molecule has 1 fully saturated rings. The van der Waals surface area contributed by atoms with E-state index in [9.17, 15) is 9.59 Å². The summed E-state index contributed by atoms with van der Waals surface area (Å²) in [4.78, 5) is 35.8. The van der Waals surface area contributed by atoms with Crippen molar-refractivity contribution < 1.29 is 9.21 Å². The van der Waals surface area contributed by atoms with Crippen LogP contribution in [0.4, 0.5) is 0 Å². The van der Waals surface area contributed by atoms with E-state index < -0.39 is 0 Å². The van der Waals surface area contributed by atoms with E-state index in [1.807, 2.05) is 17.0 Å². The molecule has 2 unspecified atom stereocenters. The molecular formula is C24H29N3O3S2. The summed E-state index contributed by atoms with van der Waals surface area (Å²) in [6, 6.07) is 4.22. The zero-order valence-corrected chi connectivity index (χ0v) is 20.3. The van der Waals surface area contributed by atoms with Crippen LogP contribution in [0.5, 0.6) is 0 Å². The van der Waals surface area contributed by atoms with E-state index in [1.165, 1.54) is 35.0 Å². The summed E-state index contributed by atoms with van der Waals surface area (Å²) in [5, 5.41) is 1.37. The molecule has 2 aliphatic rings. The van der Waals surface area contributed by atoms with Gasteiger partial charge in [-0.2, -0.15) is 0 Å². The molecule has 3 aromatic heterocycles. The number of carbonyl (C=O) groups excluding carboxylic acids is 1. The minimum Gasteiger partial charge on any atom is -0.467 e. The van der Waals surface area contributed by atoms with Gasteiger partial charge in [-0.15, -0.1) is 11.3 Å². The van der Waals surface area contributed by atoms with Gasteiger partial charge in [-0.25, -0.2) is 4.98 Å². The zero-order chi connectivity index (χ0) is 22.2. The molecule has 0 radical (unpaired) electrons. The van der Waals surface area contributed by atoms with E-state index in [-0.39, 0.29) is 29.3 Å². The first-order valence-corrected chi connectivity index (χ1v) is 13.3. The first-order chi connectivity index (χ1) is 15.5. The van der Waals surface area contributed by atoms with Crippen molar-refractivity contribution in [3.63, 3.8) is 0 Å². The molecule has 32 heavy (non-hydrogen) atoms. The number of amides is 1. The molecule has 0 saturated carbocycles. The number of nitrogens with zero attached hydrogens (tertiary/aromatic N) is 3. The van der Waals surface area contributed by atoms with Gasteiger partial charge >= 0.3 is 0 Å². The van der Waals surface area contributed by atoms with Gasteiger partial charge < -0.3 is 9.32 Å². The fourth-order valence-electron chi connectivity index (χ4n) is 5.14. The minimum absolute atomic E-state index is 0.0135. The van der Waals surface area contributed by atoms with Gasteiger partial charge in [0.15, 0.2) is 5.16 Å². The average Bonchev–Trinajstić information content (AvgIpc) is 3.41. The van der Waals surface area contributed by atoms with E-state index in [0.29, 0.717) is 17.5 Å². The summed E-state index contributed by atoms with van der Waals surface area (Å²) in [5.41, 5.74) is 1.17. The summed E-state index contributed by atoms with van der Waals surface area (Å²) in [5.74, 6) is 1.12. The van der Waals surface area contributed by atoms with Crippen molar-refractivity contribution in [1.82, 2.24) is 14.5 Å². The van der Waals surface area contributed by atoms with Crippen molar-refractivity contribution in [3.8, 4) is 0 Å². The van der Waals surface area contributed by atoms with Crippen molar-refractivity contribution in [3.05, 3.63) is 45.0 Å². The predicted octanol–water partition coefficient (Wildman–Crippen LogP) is 4.86. The van der Waals surface area contributed by atoms with E-state index in [2.05, 4.69) is 13.8 Å².